The van der Waals surface area contributed by atoms with Gasteiger partial charge in [-0.25, -0.2) is 0 Å². The van der Waals surface area contributed by atoms with Crippen LogP contribution in [-0.4, -0.2) is 0 Å². The summed E-state index contributed by atoms with van der Waals surface area (Å²) in [6, 6.07) is 25.7. The van der Waals surface area contributed by atoms with E-state index < -0.39 is 0 Å². The number of anilines is 3. The van der Waals surface area contributed by atoms with Crippen molar-refractivity contribution < 1.29 is 0 Å². The Labute approximate surface area is 134 Å². The third kappa shape index (κ3) is 3.21. The number of hydrogen-bond acceptors (Lipinski definition) is 1. The van der Waals surface area contributed by atoms with Crippen LogP contribution in [-0.2, 0) is 0 Å². The molecule has 0 heterocycles. The van der Waals surface area contributed by atoms with Gasteiger partial charge in [0.15, 0.2) is 0 Å². The fraction of sp³-hybridized carbons (Fsp3) is 0. The van der Waals surface area contributed by atoms with Crippen LogP contribution in [0.5, 0.6) is 0 Å². The molecule has 3 aromatic carbocycles. The highest BCUT2D eigenvalue weighted by Crippen LogP contribution is 2.36. The highest BCUT2D eigenvalue weighted by Gasteiger charge is 2.12. The van der Waals surface area contributed by atoms with Gasteiger partial charge < -0.3 is 4.90 Å². The van der Waals surface area contributed by atoms with E-state index in [1.807, 2.05) is 66.7 Å². The maximum Gasteiger partial charge on any atom is 0.0476 e. The molecule has 3 heteroatoms. The Bertz CT molecular complexity index is 695. The lowest BCUT2D eigenvalue weighted by molar-refractivity contribution is 1.28. The van der Waals surface area contributed by atoms with Crippen LogP contribution in [0, 0.1) is 0 Å². The Morgan fingerprint density at radius 3 is 1.48 bits per heavy atom. The van der Waals surface area contributed by atoms with Crippen LogP contribution in [0.1, 0.15) is 0 Å². The normalized spacial score (nSPS) is 10.4. The number of nitrogens with zero attached hydrogens (tertiary/aromatic N) is 1. The van der Waals surface area contributed by atoms with Crippen molar-refractivity contribution in [3.63, 3.8) is 0 Å². The van der Waals surface area contributed by atoms with Gasteiger partial charge in [0.2, 0.25) is 0 Å². The van der Waals surface area contributed by atoms with Gasteiger partial charge in [-0.15, -0.1) is 0 Å². The van der Waals surface area contributed by atoms with E-state index in [-0.39, 0.29) is 0 Å². The van der Waals surface area contributed by atoms with Crippen molar-refractivity contribution in [1.82, 2.24) is 0 Å². The van der Waals surface area contributed by atoms with Gasteiger partial charge in [0.05, 0.1) is 0 Å². The molecule has 0 N–H and O–H groups in total. The van der Waals surface area contributed by atoms with Gasteiger partial charge in [-0.2, -0.15) is 0 Å². The zero-order chi connectivity index (χ0) is 14.7. The third-order valence-electron chi connectivity index (χ3n) is 3.15. The first kappa shape index (κ1) is 14.0. The van der Waals surface area contributed by atoms with Crippen molar-refractivity contribution in [2.75, 3.05) is 4.90 Å². The summed E-state index contributed by atoms with van der Waals surface area (Å²) < 4.78 is 0. The second kappa shape index (κ2) is 6.21. The van der Waals surface area contributed by atoms with Crippen LogP contribution < -0.4 is 4.90 Å². The summed E-state index contributed by atoms with van der Waals surface area (Å²) in [4.78, 5) is 2.12. The molecule has 0 aliphatic carbocycles. The molecule has 3 aromatic rings. The first-order valence-electron chi connectivity index (χ1n) is 6.60. The Morgan fingerprint density at radius 2 is 1.00 bits per heavy atom. The second-order valence-corrected chi connectivity index (χ2v) is 5.50. The summed E-state index contributed by atoms with van der Waals surface area (Å²) in [5.74, 6) is 0. The summed E-state index contributed by atoms with van der Waals surface area (Å²) in [6.45, 7) is 0. The van der Waals surface area contributed by atoms with Crippen LogP contribution in [0.3, 0.4) is 0 Å². The predicted molar refractivity (Wildman–Crippen MR) is 91.1 cm³/mol. The largest absolute Gasteiger partial charge is 0.310 e. The highest BCUT2D eigenvalue weighted by molar-refractivity contribution is 6.31. The van der Waals surface area contributed by atoms with E-state index >= 15 is 0 Å². The topological polar surface area (TPSA) is 3.24 Å². The molecular formula is C18H13Cl2N. The molecule has 0 fully saturated rings. The molecular weight excluding hydrogens is 301 g/mol. The van der Waals surface area contributed by atoms with Crippen LogP contribution in [0.2, 0.25) is 10.0 Å². The minimum absolute atomic E-state index is 0.704. The minimum atomic E-state index is 0.704. The number of rotatable bonds is 3. The number of para-hydroxylation sites is 1. The van der Waals surface area contributed by atoms with Crippen molar-refractivity contribution in [2.45, 2.75) is 0 Å². The van der Waals surface area contributed by atoms with E-state index in [4.69, 9.17) is 23.2 Å². The standard InChI is InChI=1S/C18H13Cl2N/c19-14-6-4-10-17(12-14)21(16-8-2-1-3-9-16)18-11-5-7-15(20)13-18/h1-13H. The van der Waals surface area contributed by atoms with Gasteiger partial charge in [0.1, 0.15) is 0 Å². The van der Waals surface area contributed by atoms with Crippen LogP contribution in [0.15, 0.2) is 78.9 Å². The average Bonchev–Trinajstić information content (AvgIpc) is 2.49. The molecule has 0 aliphatic heterocycles. The maximum atomic E-state index is 6.14. The Kier molecular flexibility index (Phi) is 4.14. The van der Waals surface area contributed by atoms with Crippen molar-refractivity contribution in [1.29, 1.82) is 0 Å². The number of benzene rings is 3. The van der Waals surface area contributed by atoms with E-state index in [0.29, 0.717) is 10.0 Å². The lowest BCUT2D eigenvalue weighted by Gasteiger charge is -2.25. The van der Waals surface area contributed by atoms with Crippen LogP contribution in [0.4, 0.5) is 17.1 Å². The molecule has 0 amide bonds. The molecule has 21 heavy (non-hydrogen) atoms. The maximum absolute atomic E-state index is 6.14. The molecule has 0 unspecified atom stereocenters. The van der Waals surface area contributed by atoms with Gasteiger partial charge >= 0.3 is 0 Å². The monoisotopic (exact) mass is 313 g/mol. The Morgan fingerprint density at radius 1 is 0.524 bits per heavy atom. The van der Waals surface area contributed by atoms with Crippen molar-refractivity contribution >= 4 is 40.3 Å². The Hall–Kier alpha value is -1.96. The Balaban J connectivity index is 2.16. The molecule has 0 aromatic heterocycles. The zero-order valence-electron chi connectivity index (χ0n) is 11.2. The summed E-state index contributed by atoms with van der Waals surface area (Å²) >= 11 is 12.3. The molecule has 0 spiro atoms. The quantitative estimate of drug-likeness (QED) is 0.536. The van der Waals surface area contributed by atoms with Gasteiger partial charge in [-0.05, 0) is 48.5 Å². The number of halogens is 2. The summed E-state index contributed by atoms with van der Waals surface area (Å²) in [5.41, 5.74) is 3.05. The van der Waals surface area contributed by atoms with Crippen molar-refractivity contribution in [3.8, 4) is 0 Å². The molecule has 0 saturated carbocycles. The third-order valence-corrected chi connectivity index (χ3v) is 3.62. The van der Waals surface area contributed by atoms with Crippen LogP contribution >= 0.6 is 23.2 Å². The van der Waals surface area contributed by atoms with E-state index in [1.54, 1.807) is 0 Å². The lowest BCUT2D eigenvalue weighted by atomic mass is 10.2. The smallest absolute Gasteiger partial charge is 0.0476 e. The minimum Gasteiger partial charge on any atom is -0.310 e. The predicted octanol–water partition coefficient (Wildman–Crippen LogP) is 6.46. The summed E-state index contributed by atoms with van der Waals surface area (Å²) in [6.07, 6.45) is 0. The highest BCUT2D eigenvalue weighted by atomic mass is 35.5. The van der Waals surface area contributed by atoms with Crippen molar-refractivity contribution in [2.24, 2.45) is 0 Å². The molecule has 3 rings (SSSR count). The van der Waals surface area contributed by atoms with Gasteiger partial charge in [-0.3, -0.25) is 0 Å². The molecule has 0 atom stereocenters. The average molecular weight is 314 g/mol. The fourth-order valence-corrected chi connectivity index (χ4v) is 2.62. The van der Waals surface area contributed by atoms with Gasteiger partial charge in [0.25, 0.3) is 0 Å². The van der Waals surface area contributed by atoms with E-state index in [1.165, 1.54) is 0 Å². The van der Waals surface area contributed by atoms with Crippen molar-refractivity contribution in [3.05, 3.63) is 88.9 Å². The van der Waals surface area contributed by atoms with E-state index in [9.17, 15) is 0 Å². The second-order valence-electron chi connectivity index (χ2n) is 4.63. The van der Waals surface area contributed by atoms with E-state index in [0.717, 1.165) is 17.1 Å². The SMILES string of the molecule is Clc1cccc(N(c2ccccc2)c2cccc(Cl)c2)c1. The molecule has 0 bridgehead atoms. The van der Waals surface area contributed by atoms with Gasteiger partial charge in [0, 0.05) is 27.1 Å². The molecule has 1 nitrogen and oxygen atoms in total. The summed E-state index contributed by atoms with van der Waals surface area (Å²) in [7, 11) is 0. The van der Waals surface area contributed by atoms with E-state index in [2.05, 4.69) is 17.0 Å². The summed E-state index contributed by atoms with van der Waals surface area (Å²) in [5, 5.41) is 1.41. The zero-order valence-corrected chi connectivity index (χ0v) is 12.7. The molecule has 0 saturated heterocycles. The molecule has 104 valence electrons. The first-order chi connectivity index (χ1) is 10.2. The number of hydrogen-bond donors (Lipinski definition) is 0. The van der Waals surface area contributed by atoms with Gasteiger partial charge in [-0.1, -0.05) is 53.5 Å². The van der Waals surface area contributed by atoms with Crippen LogP contribution in [0.25, 0.3) is 0 Å². The molecule has 0 radical (unpaired) electrons. The molecule has 0 aliphatic rings. The fourth-order valence-electron chi connectivity index (χ4n) is 2.25. The lowest BCUT2D eigenvalue weighted by Crippen LogP contribution is -2.09. The first-order valence-corrected chi connectivity index (χ1v) is 7.36.